The minimum Gasteiger partial charge on any atom is -0.462 e. The quantitative estimate of drug-likeness (QED) is 0.202. The second kappa shape index (κ2) is 13.1. The van der Waals surface area contributed by atoms with Gasteiger partial charge in [-0.15, -0.1) is 11.3 Å². The standard InChI is InChI=1S/C33H37Cl2FN2O6S2/c1-6-43-30(39)26-17-37-27(45-26)16-33(5)31(40)38(25(19-10-11-19)18-46(41,42)32(2,3)4)28(20-12-13-23(35)24(36)15-20)29(44-33)21-8-7-9-22(34)14-21/h7-9,12-15,17,19,25,28-29H,6,10-11,16,18H2,1-5H3/t25?,28?,29-,33-/m1/s1. The number of carbonyl (C=O) groups excluding carboxylic acids is 2. The van der Waals surface area contributed by atoms with Gasteiger partial charge in [0.05, 0.1) is 39.4 Å². The Kier molecular flexibility index (Phi) is 9.93. The summed E-state index contributed by atoms with van der Waals surface area (Å²) in [5.41, 5.74) is -0.521. The number of rotatable bonds is 10. The van der Waals surface area contributed by atoms with E-state index in [1.165, 1.54) is 18.3 Å². The lowest BCUT2D eigenvalue weighted by atomic mass is 9.85. The molecule has 0 bridgehead atoms. The summed E-state index contributed by atoms with van der Waals surface area (Å²) in [6, 6.07) is 9.68. The number of thiazole rings is 1. The van der Waals surface area contributed by atoms with Crippen LogP contribution in [0.3, 0.4) is 0 Å². The van der Waals surface area contributed by atoms with E-state index < -0.39 is 56.1 Å². The first-order valence-electron chi connectivity index (χ1n) is 15.1. The first-order chi connectivity index (χ1) is 21.5. The van der Waals surface area contributed by atoms with Crippen molar-refractivity contribution in [2.75, 3.05) is 12.4 Å². The van der Waals surface area contributed by atoms with Gasteiger partial charge in [0.25, 0.3) is 5.91 Å². The molecule has 1 saturated carbocycles. The number of carbonyl (C=O) groups is 2. The van der Waals surface area contributed by atoms with Gasteiger partial charge in [0, 0.05) is 17.5 Å². The Morgan fingerprint density at radius 2 is 1.91 bits per heavy atom. The van der Waals surface area contributed by atoms with Gasteiger partial charge in [-0.25, -0.2) is 22.6 Å². The third-order valence-corrected chi connectivity index (χ3v) is 12.7. The molecule has 2 fully saturated rings. The number of amides is 1. The lowest BCUT2D eigenvalue weighted by Crippen LogP contribution is -2.62. The second-order valence-electron chi connectivity index (χ2n) is 13.0. The highest BCUT2D eigenvalue weighted by Crippen LogP contribution is 2.51. The van der Waals surface area contributed by atoms with Crippen LogP contribution in [0.2, 0.25) is 10.0 Å². The summed E-state index contributed by atoms with van der Waals surface area (Å²) >= 11 is 13.6. The van der Waals surface area contributed by atoms with Gasteiger partial charge in [0.2, 0.25) is 0 Å². The number of halogens is 3. The smallest absolute Gasteiger partial charge is 0.349 e. The van der Waals surface area contributed by atoms with Gasteiger partial charge in [-0.3, -0.25) is 4.79 Å². The zero-order chi connectivity index (χ0) is 33.6. The number of ether oxygens (including phenoxy) is 2. The number of esters is 1. The molecule has 2 aliphatic rings. The number of nitrogens with zero attached hydrogens (tertiary/aromatic N) is 2. The van der Waals surface area contributed by atoms with Crippen LogP contribution in [0.5, 0.6) is 0 Å². The van der Waals surface area contributed by atoms with Crippen LogP contribution in [0.15, 0.2) is 48.7 Å². The molecule has 1 aliphatic heterocycles. The van der Waals surface area contributed by atoms with Crippen molar-refractivity contribution in [3.8, 4) is 0 Å². The van der Waals surface area contributed by atoms with Crippen molar-refractivity contribution in [2.45, 2.75) is 82.4 Å². The molecule has 0 N–H and O–H groups in total. The third-order valence-electron chi connectivity index (χ3n) is 8.49. The van der Waals surface area contributed by atoms with E-state index in [0.29, 0.717) is 21.2 Å². The van der Waals surface area contributed by atoms with Gasteiger partial charge in [-0.2, -0.15) is 0 Å². The molecule has 1 aromatic heterocycles. The van der Waals surface area contributed by atoms with Crippen LogP contribution in [0.4, 0.5) is 4.39 Å². The van der Waals surface area contributed by atoms with Gasteiger partial charge >= 0.3 is 5.97 Å². The molecule has 46 heavy (non-hydrogen) atoms. The number of hydrogen-bond donors (Lipinski definition) is 0. The van der Waals surface area contributed by atoms with Gasteiger partial charge in [0.15, 0.2) is 15.4 Å². The Balaban J connectivity index is 1.68. The van der Waals surface area contributed by atoms with Gasteiger partial charge in [-0.1, -0.05) is 41.4 Å². The zero-order valence-electron chi connectivity index (χ0n) is 26.3. The Bertz CT molecular complexity index is 1740. The largest absolute Gasteiger partial charge is 0.462 e. The Morgan fingerprint density at radius 3 is 2.52 bits per heavy atom. The van der Waals surface area contributed by atoms with Gasteiger partial charge < -0.3 is 14.4 Å². The van der Waals surface area contributed by atoms with Crippen molar-refractivity contribution >= 4 is 56.3 Å². The monoisotopic (exact) mass is 710 g/mol. The molecule has 0 radical (unpaired) electrons. The van der Waals surface area contributed by atoms with Crippen molar-refractivity contribution in [1.29, 1.82) is 0 Å². The minimum atomic E-state index is -3.70. The second-order valence-corrected chi connectivity index (χ2v) is 17.7. The lowest BCUT2D eigenvalue weighted by Gasteiger charge is -2.52. The molecular formula is C33H37Cl2FN2O6S2. The van der Waals surface area contributed by atoms with Gasteiger partial charge in [-0.05, 0) is 88.8 Å². The van der Waals surface area contributed by atoms with E-state index in [-0.39, 0.29) is 34.6 Å². The number of sulfone groups is 1. The Hall–Kier alpha value is -2.57. The molecule has 248 valence electrons. The molecule has 2 unspecified atom stereocenters. The van der Waals surface area contributed by atoms with Crippen LogP contribution in [0.25, 0.3) is 0 Å². The first-order valence-corrected chi connectivity index (χ1v) is 18.3. The maximum Gasteiger partial charge on any atom is 0.349 e. The molecule has 1 saturated heterocycles. The third kappa shape index (κ3) is 7.13. The summed E-state index contributed by atoms with van der Waals surface area (Å²) in [4.78, 5) is 33.6. The van der Waals surface area contributed by atoms with Crippen molar-refractivity contribution in [2.24, 2.45) is 5.92 Å². The minimum absolute atomic E-state index is 0.00538. The van der Waals surface area contributed by atoms with E-state index in [4.69, 9.17) is 32.7 Å². The molecule has 1 amide bonds. The maximum absolute atomic E-state index is 15.1. The van der Waals surface area contributed by atoms with Crippen LogP contribution in [0.1, 0.15) is 85.4 Å². The molecule has 2 heterocycles. The number of aromatic nitrogens is 1. The fraction of sp³-hybridized carbons (Fsp3) is 0.485. The van der Waals surface area contributed by atoms with E-state index >= 15 is 4.39 Å². The average molecular weight is 712 g/mol. The highest BCUT2D eigenvalue weighted by Gasteiger charge is 2.56. The molecule has 13 heteroatoms. The predicted molar refractivity (Wildman–Crippen MR) is 177 cm³/mol. The molecule has 4 atom stereocenters. The zero-order valence-corrected chi connectivity index (χ0v) is 29.4. The van der Waals surface area contributed by atoms with Crippen molar-refractivity contribution in [1.82, 2.24) is 9.88 Å². The summed E-state index contributed by atoms with van der Waals surface area (Å²) in [6.45, 7) is 8.48. The number of hydrogen-bond acceptors (Lipinski definition) is 8. The van der Waals surface area contributed by atoms with Crippen LogP contribution in [-0.2, 0) is 30.5 Å². The van der Waals surface area contributed by atoms with Crippen LogP contribution in [-0.4, -0.2) is 58.9 Å². The number of benzene rings is 2. The summed E-state index contributed by atoms with van der Waals surface area (Å²) in [6.07, 6.45) is 2.00. The fourth-order valence-electron chi connectivity index (χ4n) is 5.76. The number of morpholine rings is 1. The molecule has 5 rings (SSSR count). The molecule has 2 aromatic carbocycles. The lowest BCUT2D eigenvalue weighted by molar-refractivity contribution is -0.202. The maximum atomic E-state index is 15.1. The van der Waals surface area contributed by atoms with E-state index in [0.717, 1.165) is 24.2 Å². The van der Waals surface area contributed by atoms with Crippen molar-refractivity contribution in [3.63, 3.8) is 0 Å². The molecule has 1 aliphatic carbocycles. The van der Waals surface area contributed by atoms with Crippen molar-refractivity contribution in [3.05, 3.63) is 85.5 Å². The SMILES string of the molecule is CCOC(=O)c1cnc(C[C@@]2(C)O[C@H](c3cccc(Cl)c3)C(c3ccc(Cl)c(F)c3)N(C(CS(=O)(=O)C(C)(C)C)C3CC3)C2=O)s1. The van der Waals surface area contributed by atoms with Crippen LogP contribution < -0.4 is 0 Å². The highest BCUT2D eigenvalue weighted by molar-refractivity contribution is 7.92. The summed E-state index contributed by atoms with van der Waals surface area (Å²) in [5.74, 6) is -2.01. The Morgan fingerprint density at radius 1 is 1.20 bits per heavy atom. The summed E-state index contributed by atoms with van der Waals surface area (Å²) in [5, 5.41) is 0.808. The molecule has 8 nitrogen and oxygen atoms in total. The fourth-order valence-corrected chi connectivity index (χ4v) is 8.41. The average Bonchev–Trinajstić information content (AvgIpc) is 3.72. The van der Waals surface area contributed by atoms with E-state index in [2.05, 4.69) is 4.98 Å². The van der Waals surface area contributed by atoms with Crippen LogP contribution in [0, 0.1) is 11.7 Å². The Labute approximate surface area is 283 Å². The molecule has 0 spiro atoms. The van der Waals surface area contributed by atoms with Gasteiger partial charge in [0.1, 0.15) is 16.8 Å². The van der Waals surface area contributed by atoms with Crippen LogP contribution >= 0.6 is 34.5 Å². The molecular weight excluding hydrogens is 674 g/mol. The normalized spacial score (nSPS) is 23.0. The van der Waals surface area contributed by atoms with E-state index in [9.17, 15) is 18.0 Å². The molecule has 3 aromatic rings. The van der Waals surface area contributed by atoms with E-state index in [1.54, 1.807) is 63.8 Å². The summed E-state index contributed by atoms with van der Waals surface area (Å²) < 4.78 is 53.4. The highest BCUT2D eigenvalue weighted by atomic mass is 35.5. The van der Waals surface area contributed by atoms with E-state index in [1.807, 2.05) is 6.07 Å². The predicted octanol–water partition coefficient (Wildman–Crippen LogP) is 7.40. The topological polar surface area (TPSA) is 103 Å². The summed E-state index contributed by atoms with van der Waals surface area (Å²) in [7, 11) is -3.70. The van der Waals surface area contributed by atoms with Crippen molar-refractivity contribution < 1.29 is 31.9 Å². The first kappa shape index (κ1) is 34.8.